The summed E-state index contributed by atoms with van der Waals surface area (Å²) in [6.07, 6.45) is 11.0. The topological polar surface area (TPSA) is 4.93 Å². The lowest BCUT2D eigenvalue weighted by Gasteiger charge is -2.39. The molecule has 3 aliphatic carbocycles. The summed E-state index contributed by atoms with van der Waals surface area (Å²) in [4.78, 5) is 1.58. The maximum absolute atomic E-state index is 2.55. The van der Waals surface area contributed by atoms with E-state index in [0.29, 0.717) is 10.8 Å². The highest BCUT2D eigenvalue weighted by atomic mass is 32.2. The number of fused-ring (bicyclic) bond motifs is 4. The van der Waals surface area contributed by atoms with E-state index in [1.165, 1.54) is 64.5 Å². The van der Waals surface area contributed by atoms with E-state index in [1.807, 2.05) is 0 Å². The maximum atomic E-state index is 2.55. The fourth-order valence-corrected chi connectivity index (χ4v) is 7.10. The van der Waals surface area contributed by atoms with Crippen LogP contribution in [0.25, 0.3) is 27.5 Å². The molecule has 0 unspecified atom stereocenters. The van der Waals surface area contributed by atoms with Crippen LogP contribution in [-0.4, -0.2) is 10.3 Å². The second-order valence-electron chi connectivity index (χ2n) is 12.2. The van der Waals surface area contributed by atoms with Crippen molar-refractivity contribution < 1.29 is 0 Å². The van der Waals surface area contributed by atoms with Gasteiger partial charge in [-0.2, -0.15) is 0 Å². The van der Waals surface area contributed by atoms with E-state index in [-0.39, 0.29) is 0 Å². The zero-order valence-corrected chi connectivity index (χ0v) is 22.7. The minimum Gasteiger partial charge on any atom is -0.313 e. The van der Waals surface area contributed by atoms with Crippen molar-refractivity contribution in [3.05, 3.63) is 87.9 Å². The molecule has 0 fully saturated rings. The van der Waals surface area contributed by atoms with Crippen LogP contribution in [0.1, 0.15) is 66.7 Å². The van der Waals surface area contributed by atoms with Gasteiger partial charge in [0, 0.05) is 22.2 Å². The standard InChI is InChI=1S/C33H37NS/c1-32(2,3)33(4,5)21-35-25-17-15-23-18-22-14-16-24(19-28(22)29(23)20-25)34-30-12-8-6-10-26(30)27-11-7-9-13-31(27)34/h6-13,19-20H,14-18,21H2,1-5H3. The smallest absolute Gasteiger partial charge is 0.0537 e. The molecule has 3 aliphatic rings. The Morgan fingerprint density at radius 3 is 1.91 bits per heavy atom. The van der Waals surface area contributed by atoms with Gasteiger partial charge in [0.05, 0.1) is 11.0 Å². The number of allylic oxidation sites excluding steroid dienone is 8. The van der Waals surface area contributed by atoms with E-state index in [4.69, 9.17) is 0 Å². The number of aromatic nitrogens is 1. The Kier molecular flexibility index (Phi) is 5.45. The lowest BCUT2D eigenvalue weighted by atomic mass is 9.71. The molecule has 0 spiro atoms. The molecule has 3 aromatic rings. The average molecular weight is 480 g/mol. The van der Waals surface area contributed by atoms with Gasteiger partial charge in [-0.25, -0.2) is 0 Å². The van der Waals surface area contributed by atoms with Crippen LogP contribution in [-0.2, 0) is 0 Å². The third-order valence-electron chi connectivity index (χ3n) is 8.97. The van der Waals surface area contributed by atoms with Crippen molar-refractivity contribution in [1.29, 1.82) is 0 Å². The molecule has 0 saturated heterocycles. The first-order valence-electron chi connectivity index (χ1n) is 13.2. The normalized spacial score (nSPS) is 18.8. The summed E-state index contributed by atoms with van der Waals surface area (Å²) >= 11 is 2.10. The SMILES string of the molecule is CC(C)(C)C(C)(C)CSC1=CC2=C(CC1)CC1=C2C=C(n2c3ccccc3c3ccccc32)CC1. The number of para-hydroxylation sites is 2. The molecule has 6 rings (SSSR count). The van der Waals surface area contributed by atoms with Crippen LogP contribution in [0, 0.1) is 10.8 Å². The van der Waals surface area contributed by atoms with Gasteiger partial charge in [-0.15, -0.1) is 11.8 Å². The largest absolute Gasteiger partial charge is 0.313 e. The first-order valence-corrected chi connectivity index (χ1v) is 14.2. The lowest BCUT2D eigenvalue weighted by molar-refractivity contribution is 0.163. The minimum absolute atomic E-state index is 0.307. The molecule has 2 aromatic carbocycles. The van der Waals surface area contributed by atoms with E-state index >= 15 is 0 Å². The van der Waals surface area contributed by atoms with E-state index < -0.39 is 0 Å². The van der Waals surface area contributed by atoms with Crippen LogP contribution >= 0.6 is 11.8 Å². The number of hydrogen-bond donors (Lipinski definition) is 0. The quantitative estimate of drug-likeness (QED) is 0.360. The molecule has 0 N–H and O–H groups in total. The van der Waals surface area contributed by atoms with Crippen LogP contribution in [0.2, 0.25) is 0 Å². The molecule has 2 heteroatoms. The van der Waals surface area contributed by atoms with Gasteiger partial charge in [-0.3, -0.25) is 0 Å². The summed E-state index contributed by atoms with van der Waals surface area (Å²) in [7, 11) is 0. The molecular weight excluding hydrogens is 442 g/mol. The highest BCUT2D eigenvalue weighted by Crippen LogP contribution is 2.49. The van der Waals surface area contributed by atoms with Gasteiger partial charge in [0.15, 0.2) is 0 Å². The summed E-state index contributed by atoms with van der Waals surface area (Å²) in [5, 5.41) is 2.71. The van der Waals surface area contributed by atoms with Gasteiger partial charge < -0.3 is 4.57 Å². The Hall–Kier alpha value is -2.45. The van der Waals surface area contributed by atoms with Crippen LogP contribution in [0.15, 0.2) is 87.9 Å². The van der Waals surface area contributed by atoms with Gasteiger partial charge in [0.2, 0.25) is 0 Å². The zero-order chi connectivity index (χ0) is 24.4. The first-order chi connectivity index (χ1) is 16.7. The van der Waals surface area contributed by atoms with Crippen LogP contribution in [0.5, 0.6) is 0 Å². The van der Waals surface area contributed by atoms with Gasteiger partial charge in [0.25, 0.3) is 0 Å². The summed E-state index contributed by atoms with van der Waals surface area (Å²) in [6.45, 7) is 12.0. The highest BCUT2D eigenvalue weighted by Gasteiger charge is 2.34. The maximum Gasteiger partial charge on any atom is 0.0537 e. The van der Waals surface area contributed by atoms with Crippen molar-refractivity contribution in [3.63, 3.8) is 0 Å². The molecule has 0 bridgehead atoms. The Balaban J connectivity index is 1.36. The molecule has 0 amide bonds. The van der Waals surface area contributed by atoms with Crippen molar-refractivity contribution in [2.24, 2.45) is 10.8 Å². The monoisotopic (exact) mass is 479 g/mol. The Morgan fingerprint density at radius 1 is 0.714 bits per heavy atom. The van der Waals surface area contributed by atoms with Gasteiger partial charge in [0.1, 0.15) is 0 Å². The van der Waals surface area contributed by atoms with Crippen molar-refractivity contribution in [1.82, 2.24) is 4.57 Å². The van der Waals surface area contributed by atoms with E-state index in [1.54, 1.807) is 21.6 Å². The minimum atomic E-state index is 0.307. The molecule has 1 heterocycles. The number of thioether (sulfide) groups is 1. The fraction of sp³-hybridized carbons (Fsp3) is 0.394. The number of hydrogen-bond acceptors (Lipinski definition) is 1. The highest BCUT2D eigenvalue weighted by molar-refractivity contribution is 8.03. The van der Waals surface area contributed by atoms with Crippen LogP contribution in [0.4, 0.5) is 0 Å². The summed E-state index contributed by atoms with van der Waals surface area (Å²) in [5.74, 6) is 1.18. The number of nitrogens with zero attached hydrogens (tertiary/aromatic N) is 1. The summed E-state index contributed by atoms with van der Waals surface area (Å²) in [5.41, 5.74) is 11.1. The zero-order valence-electron chi connectivity index (χ0n) is 21.9. The molecule has 0 saturated carbocycles. The molecule has 180 valence electrons. The molecule has 0 radical (unpaired) electrons. The number of benzene rings is 2. The van der Waals surface area contributed by atoms with Crippen molar-refractivity contribution >= 4 is 39.3 Å². The Morgan fingerprint density at radius 2 is 1.29 bits per heavy atom. The summed E-state index contributed by atoms with van der Waals surface area (Å²) in [6, 6.07) is 17.8. The van der Waals surface area contributed by atoms with Crippen molar-refractivity contribution in [3.8, 4) is 0 Å². The molecule has 1 aromatic heterocycles. The van der Waals surface area contributed by atoms with E-state index in [9.17, 15) is 0 Å². The summed E-state index contributed by atoms with van der Waals surface area (Å²) < 4.78 is 2.53. The molecular formula is C33H37NS. The second kappa shape index (κ2) is 8.30. The van der Waals surface area contributed by atoms with E-state index in [0.717, 1.165) is 6.42 Å². The Bertz CT molecular complexity index is 1410. The predicted octanol–water partition coefficient (Wildman–Crippen LogP) is 9.91. The third kappa shape index (κ3) is 3.85. The van der Waals surface area contributed by atoms with Gasteiger partial charge in [-0.1, -0.05) is 82.2 Å². The van der Waals surface area contributed by atoms with Crippen molar-refractivity contribution in [2.75, 3.05) is 5.75 Å². The lowest BCUT2D eigenvalue weighted by Crippen LogP contribution is -2.32. The molecule has 0 atom stereocenters. The van der Waals surface area contributed by atoms with Crippen LogP contribution in [0.3, 0.4) is 0 Å². The molecule has 1 nitrogen and oxygen atoms in total. The van der Waals surface area contributed by atoms with E-state index in [2.05, 4.69) is 112 Å². The molecule has 35 heavy (non-hydrogen) atoms. The van der Waals surface area contributed by atoms with Gasteiger partial charge in [-0.05, 0) is 83.3 Å². The van der Waals surface area contributed by atoms with Crippen LogP contribution < -0.4 is 0 Å². The predicted molar refractivity (Wildman–Crippen MR) is 155 cm³/mol. The fourth-order valence-electron chi connectivity index (χ4n) is 5.67. The second-order valence-corrected chi connectivity index (χ2v) is 13.4. The molecule has 0 aliphatic heterocycles. The first kappa shape index (κ1) is 23.0. The Labute approximate surface area is 214 Å². The third-order valence-corrected chi connectivity index (χ3v) is 10.5. The average Bonchev–Trinajstić information content (AvgIpc) is 3.37. The van der Waals surface area contributed by atoms with Gasteiger partial charge >= 0.3 is 0 Å². The number of rotatable bonds is 4. The van der Waals surface area contributed by atoms with Crippen molar-refractivity contribution in [2.45, 2.75) is 66.7 Å².